The highest BCUT2D eigenvalue weighted by Crippen LogP contribution is 2.25. The Labute approximate surface area is 127 Å². The Kier molecular flexibility index (Phi) is 4.45. The van der Waals surface area contributed by atoms with Gasteiger partial charge in [0.15, 0.2) is 0 Å². The number of anilines is 1. The number of pyridine rings is 1. The molecule has 0 aliphatic rings. The molecule has 0 bridgehead atoms. The lowest BCUT2D eigenvalue weighted by Crippen LogP contribution is -2.30. The third-order valence-corrected chi connectivity index (χ3v) is 5.15. The Morgan fingerprint density at radius 1 is 1.25 bits per heavy atom. The van der Waals surface area contributed by atoms with Crippen molar-refractivity contribution in [3.8, 4) is 0 Å². The average Bonchev–Trinajstić information content (AvgIpc) is 2.39. The molecular formula is C14H15BrN2O2S. The molecule has 6 heteroatoms. The zero-order valence-corrected chi connectivity index (χ0v) is 13.6. The van der Waals surface area contributed by atoms with Gasteiger partial charge in [0.25, 0.3) is 10.0 Å². The number of benzene rings is 1. The van der Waals surface area contributed by atoms with E-state index in [1.54, 1.807) is 18.3 Å². The number of rotatable bonds is 4. The van der Waals surface area contributed by atoms with E-state index in [1.807, 2.05) is 32.0 Å². The molecule has 1 aromatic carbocycles. The molecule has 2 rings (SSSR count). The average molecular weight is 355 g/mol. The van der Waals surface area contributed by atoms with Gasteiger partial charge in [-0.3, -0.25) is 9.29 Å². The minimum absolute atomic E-state index is 0.176. The van der Waals surface area contributed by atoms with Gasteiger partial charge in [-0.2, -0.15) is 0 Å². The Bertz CT molecular complexity index is 717. The second-order valence-corrected chi connectivity index (χ2v) is 7.13. The fraction of sp³-hybridized carbons (Fsp3) is 0.214. The smallest absolute Gasteiger partial charge is 0.265 e. The number of sulfonamides is 1. The van der Waals surface area contributed by atoms with Crippen LogP contribution in [0.1, 0.15) is 12.5 Å². The van der Waals surface area contributed by atoms with E-state index in [4.69, 9.17) is 0 Å². The number of nitrogens with zero attached hydrogens (tertiary/aromatic N) is 2. The molecule has 0 atom stereocenters. The lowest BCUT2D eigenvalue weighted by Gasteiger charge is -2.23. The van der Waals surface area contributed by atoms with Crippen LogP contribution in [0.25, 0.3) is 0 Å². The van der Waals surface area contributed by atoms with Crippen molar-refractivity contribution in [1.82, 2.24) is 4.98 Å². The Morgan fingerprint density at radius 3 is 2.60 bits per heavy atom. The zero-order valence-electron chi connectivity index (χ0n) is 11.2. The number of halogens is 1. The lowest BCUT2D eigenvalue weighted by atomic mass is 10.2. The van der Waals surface area contributed by atoms with E-state index >= 15 is 0 Å². The molecule has 20 heavy (non-hydrogen) atoms. The molecule has 0 N–H and O–H groups in total. The van der Waals surface area contributed by atoms with Gasteiger partial charge in [0.2, 0.25) is 0 Å². The van der Waals surface area contributed by atoms with Gasteiger partial charge in [0.1, 0.15) is 4.90 Å². The van der Waals surface area contributed by atoms with E-state index < -0.39 is 10.0 Å². The molecule has 0 saturated heterocycles. The van der Waals surface area contributed by atoms with E-state index in [1.165, 1.54) is 10.5 Å². The molecule has 0 amide bonds. The number of aryl methyl sites for hydroxylation is 1. The maximum atomic E-state index is 12.7. The van der Waals surface area contributed by atoms with E-state index in [9.17, 15) is 8.42 Å². The molecule has 0 radical (unpaired) electrons. The summed E-state index contributed by atoms with van der Waals surface area (Å²) >= 11 is 3.25. The van der Waals surface area contributed by atoms with Crippen LogP contribution in [0.15, 0.2) is 52.1 Å². The maximum Gasteiger partial charge on any atom is 0.265 e. The van der Waals surface area contributed by atoms with Crippen LogP contribution in [0, 0.1) is 6.92 Å². The molecular weight excluding hydrogens is 340 g/mol. The highest BCUT2D eigenvalue weighted by Gasteiger charge is 2.24. The summed E-state index contributed by atoms with van der Waals surface area (Å²) < 4.78 is 27.4. The Hall–Kier alpha value is -1.40. The van der Waals surface area contributed by atoms with Crippen molar-refractivity contribution in [2.24, 2.45) is 0 Å². The van der Waals surface area contributed by atoms with Crippen molar-refractivity contribution >= 4 is 31.6 Å². The van der Waals surface area contributed by atoms with E-state index in [-0.39, 0.29) is 4.90 Å². The first kappa shape index (κ1) is 15.0. The SMILES string of the molecule is CCN(c1cccc(C)c1)S(=O)(=O)c1cncc(Br)c1. The topological polar surface area (TPSA) is 50.3 Å². The first-order valence-electron chi connectivity index (χ1n) is 6.15. The van der Waals surface area contributed by atoms with Crippen molar-refractivity contribution in [2.75, 3.05) is 10.8 Å². The largest absolute Gasteiger partial charge is 0.267 e. The summed E-state index contributed by atoms with van der Waals surface area (Å²) in [5.74, 6) is 0. The third-order valence-electron chi connectivity index (χ3n) is 2.84. The molecule has 0 aliphatic carbocycles. The van der Waals surface area contributed by atoms with Crippen LogP contribution >= 0.6 is 15.9 Å². The number of aromatic nitrogens is 1. The van der Waals surface area contributed by atoms with Gasteiger partial charge < -0.3 is 0 Å². The normalized spacial score (nSPS) is 11.3. The van der Waals surface area contributed by atoms with Gasteiger partial charge in [0.05, 0.1) is 5.69 Å². The molecule has 1 heterocycles. The lowest BCUT2D eigenvalue weighted by molar-refractivity contribution is 0.591. The third kappa shape index (κ3) is 3.02. The fourth-order valence-corrected chi connectivity index (χ4v) is 3.91. The predicted octanol–water partition coefficient (Wildman–Crippen LogP) is 3.37. The molecule has 0 aliphatic heterocycles. The second-order valence-electron chi connectivity index (χ2n) is 4.35. The monoisotopic (exact) mass is 354 g/mol. The standard InChI is InChI=1S/C14H15BrN2O2S/c1-3-17(13-6-4-5-11(2)7-13)20(18,19)14-8-12(15)9-16-10-14/h4-10H,3H2,1-2H3. The van der Waals surface area contributed by atoms with Crippen molar-refractivity contribution in [3.63, 3.8) is 0 Å². The van der Waals surface area contributed by atoms with Crippen LogP contribution in [0.5, 0.6) is 0 Å². The summed E-state index contributed by atoms with van der Waals surface area (Å²) in [5, 5.41) is 0. The molecule has 2 aromatic rings. The van der Waals surface area contributed by atoms with Crippen LogP contribution in [-0.2, 0) is 10.0 Å². The van der Waals surface area contributed by atoms with Gasteiger partial charge in [-0.25, -0.2) is 8.42 Å². The van der Waals surface area contributed by atoms with Crippen LogP contribution in [-0.4, -0.2) is 19.9 Å². The van der Waals surface area contributed by atoms with Gasteiger partial charge in [-0.1, -0.05) is 12.1 Å². The quantitative estimate of drug-likeness (QED) is 0.845. The van der Waals surface area contributed by atoms with E-state index in [0.29, 0.717) is 16.7 Å². The maximum absolute atomic E-state index is 12.7. The second kappa shape index (κ2) is 5.93. The molecule has 0 unspecified atom stereocenters. The highest BCUT2D eigenvalue weighted by atomic mass is 79.9. The van der Waals surface area contributed by atoms with E-state index in [0.717, 1.165) is 5.56 Å². The number of hydrogen-bond acceptors (Lipinski definition) is 3. The van der Waals surface area contributed by atoms with Crippen molar-refractivity contribution in [3.05, 3.63) is 52.8 Å². The molecule has 4 nitrogen and oxygen atoms in total. The van der Waals surface area contributed by atoms with Crippen LogP contribution in [0.2, 0.25) is 0 Å². The summed E-state index contributed by atoms with van der Waals surface area (Å²) in [7, 11) is -3.60. The van der Waals surface area contributed by atoms with Crippen LogP contribution < -0.4 is 4.31 Å². The molecule has 0 spiro atoms. The highest BCUT2D eigenvalue weighted by molar-refractivity contribution is 9.10. The van der Waals surface area contributed by atoms with E-state index in [2.05, 4.69) is 20.9 Å². The summed E-state index contributed by atoms with van der Waals surface area (Å²) in [6.07, 6.45) is 2.92. The molecule has 0 saturated carbocycles. The number of hydrogen-bond donors (Lipinski definition) is 0. The van der Waals surface area contributed by atoms with Gasteiger partial charge in [0, 0.05) is 23.4 Å². The van der Waals surface area contributed by atoms with Crippen molar-refractivity contribution in [2.45, 2.75) is 18.7 Å². The first-order chi connectivity index (χ1) is 9.45. The summed E-state index contributed by atoms with van der Waals surface area (Å²) in [6, 6.07) is 8.99. The zero-order chi connectivity index (χ0) is 14.8. The summed E-state index contributed by atoms with van der Waals surface area (Å²) in [5.41, 5.74) is 1.68. The predicted molar refractivity (Wildman–Crippen MR) is 83.3 cm³/mol. The Morgan fingerprint density at radius 2 is 2.00 bits per heavy atom. The molecule has 106 valence electrons. The van der Waals surface area contributed by atoms with Crippen molar-refractivity contribution < 1.29 is 8.42 Å². The minimum atomic E-state index is -3.60. The summed E-state index contributed by atoms with van der Waals surface area (Å²) in [6.45, 7) is 4.11. The van der Waals surface area contributed by atoms with Crippen molar-refractivity contribution in [1.29, 1.82) is 0 Å². The Balaban J connectivity index is 2.50. The van der Waals surface area contributed by atoms with Crippen LogP contribution in [0.3, 0.4) is 0 Å². The molecule has 1 aromatic heterocycles. The summed E-state index contributed by atoms with van der Waals surface area (Å²) in [4.78, 5) is 4.10. The van der Waals surface area contributed by atoms with Gasteiger partial charge >= 0.3 is 0 Å². The van der Waals surface area contributed by atoms with Gasteiger partial charge in [-0.05, 0) is 53.5 Å². The first-order valence-corrected chi connectivity index (χ1v) is 8.38. The molecule has 0 fully saturated rings. The fourth-order valence-electron chi connectivity index (χ4n) is 1.94. The van der Waals surface area contributed by atoms with Crippen LogP contribution in [0.4, 0.5) is 5.69 Å². The van der Waals surface area contributed by atoms with Gasteiger partial charge in [-0.15, -0.1) is 0 Å². The minimum Gasteiger partial charge on any atom is -0.267 e.